The third-order valence-corrected chi connectivity index (χ3v) is 5.28. The highest BCUT2D eigenvalue weighted by Gasteiger charge is 2.19. The van der Waals surface area contributed by atoms with Crippen molar-refractivity contribution in [1.29, 1.82) is 0 Å². The van der Waals surface area contributed by atoms with Crippen LogP contribution in [0, 0.1) is 11.6 Å². The van der Waals surface area contributed by atoms with Crippen molar-refractivity contribution in [3.63, 3.8) is 0 Å². The molecule has 0 aliphatic rings. The van der Waals surface area contributed by atoms with Gasteiger partial charge in [-0.15, -0.1) is 11.3 Å². The fourth-order valence-electron chi connectivity index (χ4n) is 2.50. The average Bonchev–Trinajstić information content (AvgIpc) is 2.85. The molecule has 0 saturated carbocycles. The van der Waals surface area contributed by atoms with E-state index >= 15 is 0 Å². The number of esters is 1. The van der Waals surface area contributed by atoms with Gasteiger partial charge >= 0.3 is 5.97 Å². The van der Waals surface area contributed by atoms with Gasteiger partial charge in [-0.25, -0.2) is 9.78 Å². The third-order valence-electron chi connectivity index (χ3n) is 3.57. The Morgan fingerprint density at radius 1 is 1.46 bits per heavy atom. The third kappa shape index (κ3) is 3.36. The molecule has 0 aliphatic heterocycles. The molecule has 0 aliphatic carbocycles. The number of hydrogen-bond donors (Lipinski definition) is 1. The predicted octanol–water partition coefficient (Wildman–Crippen LogP) is 5.08. The first-order chi connectivity index (χ1) is 11.5. The number of carbonyl (C=O) groups is 1. The van der Waals surface area contributed by atoms with Crippen LogP contribution in [-0.4, -0.2) is 22.5 Å². The summed E-state index contributed by atoms with van der Waals surface area (Å²) in [6.45, 7) is 3.99. The second-order valence-electron chi connectivity index (χ2n) is 5.28. The second-order valence-corrected chi connectivity index (χ2v) is 7.12. The molecule has 0 unspecified atom stereocenters. The molecule has 2 aromatic heterocycles. The molecule has 1 aromatic carbocycles. The first-order valence-electron chi connectivity index (χ1n) is 7.43. The maximum atomic E-state index is 12.1. The lowest BCUT2D eigenvalue weighted by atomic mass is 10.1. The lowest BCUT2D eigenvalue weighted by Gasteiger charge is -2.03. The Kier molecular flexibility index (Phi) is 4.99. The molecule has 0 amide bonds. The van der Waals surface area contributed by atoms with E-state index in [0.717, 1.165) is 27.2 Å². The topological polar surface area (TPSA) is 55.0 Å². The predicted molar refractivity (Wildman–Crippen MR) is 99.8 cm³/mol. The lowest BCUT2D eigenvalue weighted by molar-refractivity contribution is 0.0531. The van der Waals surface area contributed by atoms with E-state index in [1.54, 1.807) is 6.92 Å². The van der Waals surface area contributed by atoms with Crippen LogP contribution in [0.3, 0.4) is 0 Å². The van der Waals surface area contributed by atoms with Crippen LogP contribution in [0.5, 0.6) is 0 Å². The summed E-state index contributed by atoms with van der Waals surface area (Å²) in [6.07, 6.45) is 0.589. The Labute approximate surface area is 153 Å². The Morgan fingerprint density at radius 2 is 2.25 bits per heavy atom. The maximum absolute atomic E-state index is 12.1. The maximum Gasteiger partial charge on any atom is 0.348 e. The Balaban J connectivity index is 2.04. The van der Waals surface area contributed by atoms with Gasteiger partial charge in [0.05, 0.1) is 6.61 Å². The molecular formula is C17H15ClN2O2S2. The minimum absolute atomic E-state index is 0.330. The van der Waals surface area contributed by atoms with Crippen molar-refractivity contribution >= 4 is 51.3 Å². The van der Waals surface area contributed by atoms with Gasteiger partial charge in [0.25, 0.3) is 0 Å². The Hall–Kier alpha value is -1.76. The number of rotatable bonds is 4. The zero-order valence-corrected chi connectivity index (χ0v) is 15.6. The van der Waals surface area contributed by atoms with Crippen molar-refractivity contribution in [1.82, 2.24) is 9.97 Å². The van der Waals surface area contributed by atoms with Crippen LogP contribution in [0.2, 0.25) is 5.02 Å². The largest absolute Gasteiger partial charge is 0.462 e. The average molecular weight is 379 g/mol. The highest BCUT2D eigenvalue weighted by molar-refractivity contribution is 7.71. The summed E-state index contributed by atoms with van der Waals surface area (Å²) in [5.41, 5.74) is 1.86. The van der Waals surface area contributed by atoms with Crippen LogP contribution in [0.25, 0.3) is 10.2 Å². The summed E-state index contributed by atoms with van der Waals surface area (Å²) >= 11 is 12.8. The van der Waals surface area contributed by atoms with E-state index in [2.05, 4.69) is 9.97 Å². The van der Waals surface area contributed by atoms with Gasteiger partial charge in [-0.3, -0.25) is 0 Å². The van der Waals surface area contributed by atoms with Crippen LogP contribution >= 0.6 is 35.2 Å². The summed E-state index contributed by atoms with van der Waals surface area (Å²) in [6, 6.07) is 7.61. The highest BCUT2D eigenvalue weighted by Crippen LogP contribution is 2.30. The molecule has 0 atom stereocenters. The van der Waals surface area contributed by atoms with Crippen molar-refractivity contribution in [2.45, 2.75) is 20.3 Å². The number of thiophene rings is 1. The van der Waals surface area contributed by atoms with Gasteiger partial charge in [0.2, 0.25) is 0 Å². The van der Waals surface area contributed by atoms with Crippen LogP contribution in [-0.2, 0) is 11.2 Å². The monoisotopic (exact) mass is 378 g/mol. The van der Waals surface area contributed by atoms with Crippen LogP contribution < -0.4 is 0 Å². The molecule has 3 aromatic rings. The van der Waals surface area contributed by atoms with E-state index in [9.17, 15) is 4.79 Å². The van der Waals surface area contributed by atoms with E-state index in [1.807, 2.05) is 31.2 Å². The van der Waals surface area contributed by atoms with Crippen molar-refractivity contribution in [3.8, 4) is 0 Å². The fraction of sp³-hybridized carbons (Fsp3) is 0.235. The molecule has 7 heteroatoms. The van der Waals surface area contributed by atoms with Gasteiger partial charge in [0.1, 0.15) is 20.2 Å². The number of halogens is 1. The summed E-state index contributed by atoms with van der Waals surface area (Å²) in [7, 11) is 0. The quantitative estimate of drug-likeness (QED) is 0.508. The number of aromatic amines is 1. The molecule has 0 saturated heterocycles. The first kappa shape index (κ1) is 17.1. The van der Waals surface area contributed by atoms with Crippen molar-refractivity contribution in [2.24, 2.45) is 0 Å². The van der Waals surface area contributed by atoms with E-state index < -0.39 is 0 Å². The zero-order valence-electron chi connectivity index (χ0n) is 13.2. The number of ether oxygens (including phenoxy) is 1. The first-order valence-corrected chi connectivity index (χ1v) is 9.03. The highest BCUT2D eigenvalue weighted by atomic mass is 35.5. The minimum Gasteiger partial charge on any atom is -0.462 e. The Bertz CT molecular complexity index is 978. The number of nitrogens with one attached hydrogen (secondary N) is 1. The van der Waals surface area contributed by atoms with Crippen molar-refractivity contribution < 1.29 is 9.53 Å². The number of aryl methyl sites for hydroxylation is 1. The molecule has 24 heavy (non-hydrogen) atoms. The number of benzene rings is 1. The number of carbonyl (C=O) groups excluding carboxylic acids is 1. The molecular weight excluding hydrogens is 364 g/mol. The van der Waals surface area contributed by atoms with Gasteiger partial charge in [-0.05, 0) is 37.1 Å². The molecule has 2 heterocycles. The molecule has 0 radical (unpaired) electrons. The van der Waals surface area contributed by atoms with Gasteiger partial charge in [-0.1, -0.05) is 36.0 Å². The molecule has 3 rings (SSSR count). The van der Waals surface area contributed by atoms with Crippen LogP contribution in [0.4, 0.5) is 0 Å². The molecule has 0 spiro atoms. The second kappa shape index (κ2) is 7.01. The summed E-state index contributed by atoms with van der Waals surface area (Å²) in [5.74, 6) is 0.412. The van der Waals surface area contributed by atoms with E-state index in [4.69, 9.17) is 28.6 Å². The Morgan fingerprint density at radius 3 is 2.96 bits per heavy atom. The number of nitrogens with zero attached hydrogens (tertiary/aromatic N) is 1. The van der Waals surface area contributed by atoms with E-state index in [1.165, 1.54) is 11.3 Å². The SMILES string of the molecule is CCOC(=O)c1sc2nc(Cc3cccc(Cl)c3)[nH]c(=S)c2c1C. The summed E-state index contributed by atoms with van der Waals surface area (Å²) < 4.78 is 5.69. The summed E-state index contributed by atoms with van der Waals surface area (Å²) in [5, 5.41) is 1.50. The van der Waals surface area contributed by atoms with Crippen LogP contribution in [0.1, 0.15) is 33.5 Å². The molecule has 124 valence electrons. The van der Waals surface area contributed by atoms with Gasteiger partial charge in [-0.2, -0.15) is 0 Å². The molecule has 0 fully saturated rings. The smallest absolute Gasteiger partial charge is 0.348 e. The number of aromatic nitrogens is 2. The van der Waals surface area contributed by atoms with Gasteiger partial charge < -0.3 is 9.72 Å². The number of H-pyrrole nitrogens is 1. The standard InChI is InChI=1S/C17H15ClN2O2S2/c1-3-22-17(21)14-9(2)13-15(23)19-12(20-16(13)24-14)8-10-5-4-6-11(18)7-10/h4-7H,3,8H2,1-2H3,(H,19,20,23). The lowest BCUT2D eigenvalue weighted by Crippen LogP contribution is -2.03. The van der Waals surface area contributed by atoms with E-state index in [0.29, 0.717) is 27.6 Å². The minimum atomic E-state index is -0.330. The molecule has 1 N–H and O–H groups in total. The van der Waals surface area contributed by atoms with Crippen LogP contribution in [0.15, 0.2) is 24.3 Å². The molecule has 4 nitrogen and oxygen atoms in total. The van der Waals surface area contributed by atoms with Gasteiger partial charge in [0.15, 0.2) is 0 Å². The van der Waals surface area contributed by atoms with Crippen molar-refractivity contribution in [3.05, 3.63) is 55.8 Å². The zero-order chi connectivity index (χ0) is 17.3. The number of hydrogen-bond acceptors (Lipinski definition) is 5. The van der Waals surface area contributed by atoms with Crippen molar-refractivity contribution in [2.75, 3.05) is 6.61 Å². The number of fused-ring (bicyclic) bond motifs is 1. The fourth-order valence-corrected chi connectivity index (χ4v) is 4.25. The normalized spacial score (nSPS) is 11.0. The van der Waals surface area contributed by atoms with E-state index in [-0.39, 0.29) is 5.97 Å². The van der Waals surface area contributed by atoms with Gasteiger partial charge in [0, 0.05) is 16.8 Å². The summed E-state index contributed by atoms with van der Waals surface area (Å²) in [4.78, 5) is 21.2. The molecule has 0 bridgehead atoms.